The number of rotatable bonds is 13. The van der Waals surface area contributed by atoms with Crippen LogP contribution in [0.3, 0.4) is 0 Å². The number of carbonyl (C=O) groups is 4. The lowest BCUT2D eigenvalue weighted by molar-refractivity contribution is -0.136. The minimum Gasteiger partial charge on any atom is -0.497 e. The average Bonchev–Trinajstić information content (AvgIpc) is 3.65. The third-order valence-corrected chi connectivity index (χ3v) is 6.94. The Bertz CT molecular complexity index is 1180. The zero-order valence-electron chi connectivity index (χ0n) is 21.8. The number of methoxy groups -OCH3 is 1. The lowest BCUT2D eigenvalue weighted by Crippen LogP contribution is -2.60. The van der Waals surface area contributed by atoms with Crippen molar-refractivity contribution in [2.24, 2.45) is 5.92 Å². The standard InChI is InChI=1S/C28H33N3O8/c1-28(16-39-28)24(32)21(12-17-6-4-3-5-7-17)29-25(33)22(13-18-8-10-20(37-2)11-9-18)30-26(34)23(31-27(35)36)19-14-38-15-19/h3-11,19,21-23,31H,12-16H2,1-2H3,(H,29,33)(H,30,34)(H,35,36)/t21-,22-,23-,28+/m0/s1. The van der Waals surface area contributed by atoms with E-state index >= 15 is 0 Å². The first-order valence-corrected chi connectivity index (χ1v) is 12.7. The second-order valence-corrected chi connectivity index (χ2v) is 9.97. The molecule has 208 valence electrons. The van der Waals surface area contributed by atoms with E-state index in [2.05, 4.69) is 16.0 Å². The van der Waals surface area contributed by atoms with Crippen molar-refractivity contribution in [1.29, 1.82) is 0 Å². The Hall–Kier alpha value is -3.96. The largest absolute Gasteiger partial charge is 0.497 e. The van der Waals surface area contributed by atoms with Gasteiger partial charge in [-0.1, -0.05) is 42.5 Å². The first-order valence-electron chi connectivity index (χ1n) is 12.7. The molecule has 2 aromatic carbocycles. The van der Waals surface area contributed by atoms with Crippen molar-refractivity contribution in [3.63, 3.8) is 0 Å². The SMILES string of the molecule is COc1ccc(C[C@H](NC(=O)[C@@H](NC(=O)O)C2COC2)C(=O)N[C@@H](Cc2ccccc2)C(=O)[C@@]2(C)CO2)cc1. The number of Topliss-reactive ketones (excluding diaryl/α,β-unsaturated/α-hetero) is 1. The molecule has 2 aliphatic heterocycles. The van der Waals surface area contributed by atoms with E-state index < -0.39 is 41.6 Å². The van der Waals surface area contributed by atoms with Crippen molar-refractivity contribution < 1.29 is 38.5 Å². The van der Waals surface area contributed by atoms with Gasteiger partial charge in [0.2, 0.25) is 11.8 Å². The van der Waals surface area contributed by atoms with E-state index in [-0.39, 0.29) is 44.4 Å². The summed E-state index contributed by atoms with van der Waals surface area (Å²) in [5, 5.41) is 17.0. The molecule has 2 heterocycles. The third-order valence-electron chi connectivity index (χ3n) is 6.94. The number of amides is 3. The Labute approximate surface area is 226 Å². The fourth-order valence-electron chi connectivity index (χ4n) is 4.40. The Morgan fingerprint density at radius 3 is 2.05 bits per heavy atom. The van der Waals surface area contributed by atoms with Crippen molar-refractivity contribution in [3.05, 3.63) is 65.7 Å². The second kappa shape index (κ2) is 12.3. The number of carbonyl (C=O) groups excluding carboxylic acids is 3. The zero-order chi connectivity index (χ0) is 28.0. The number of benzene rings is 2. The normalized spacial score (nSPS) is 20.5. The van der Waals surface area contributed by atoms with Crippen molar-refractivity contribution >= 4 is 23.7 Å². The Balaban J connectivity index is 1.55. The van der Waals surface area contributed by atoms with Gasteiger partial charge in [0, 0.05) is 12.3 Å². The third kappa shape index (κ3) is 7.33. The summed E-state index contributed by atoms with van der Waals surface area (Å²) in [4.78, 5) is 51.5. The molecule has 4 rings (SSSR count). The first-order chi connectivity index (χ1) is 18.7. The van der Waals surface area contributed by atoms with Gasteiger partial charge >= 0.3 is 6.09 Å². The summed E-state index contributed by atoms with van der Waals surface area (Å²) in [5.74, 6) is -1.21. The minimum atomic E-state index is -1.36. The molecule has 0 saturated carbocycles. The van der Waals surface area contributed by atoms with Gasteiger partial charge in [-0.3, -0.25) is 14.4 Å². The number of carboxylic acid groups (broad SMARTS) is 1. The van der Waals surface area contributed by atoms with Gasteiger partial charge in [-0.15, -0.1) is 0 Å². The van der Waals surface area contributed by atoms with E-state index in [1.165, 1.54) is 0 Å². The van der Waals surface area contributed by atoms with E-state index in [1.807, 2.05) is 30.3 Å². The monoisotopic (exact) mass is 539 g/mol. The predicted octanol–water partition coefficient (Wildman–Crippen LogP) is 1.09. The van der Waals surface area contributed by atoms with Gasteiger partial charge in [-0.05, 0) is 36.6 Å². The molecule has 0 bridgehead atoms. The predicted molar refractivity (Wildman–Crippen MR) is 139 cm³/mol. The molecule has 2 aliphatic rings. The molecule has 3 amide bonds. The summed E-state index contributed by atoms with van der Waals surface area (Å²) in [7, 11) is 1.54. The van der Waals surface area contributed by atoms with Crippen molar-refractivity contribution in [1.82, 2.24) is 16.0 Å². The Kier molecular flexibility index (Phi) is 8.82. The van der Waals surface area contributed by atoms with Crippen LogP contribution in [0.15, 0.2) is 54.6 Å². The van der Waals surface area contributed by atoms with E-state index in [1.54, 1.807) is 38.3 Å². The highest BCUT2D eigenvalue weighted by Crippen LogP contribution is 2.29. The molecular formula is C28H33N3O8. The molecule has 39 heavy (non-hydrogen) atoms. The van der Waals surface area contributed by atoms with Gasteiger partial charge in [0.15, 0.2) is 5.78 Å². The molecule has 0 aliphatic carbocycles. The average molecular weight is 540 g/mol. The molecule has 4 N–H and O–H groups in total. The number of epoxide rings is 1. The van der Waals surface area contributed by atoms with Crippen LogP contribution in [0.1, 0.15) is 18.1 Å². The molecule has 2 saturated heterocycles. The van der Waals surface area contributed by atoms with Crippen LogP contribution in [0.4, 0.5) is 4.79 Å². The lowest BCUT2D eigenvalue weighted by atomic mass is 9.94. The highest BCUT2D eigenvalue weighted by molar-refractivity contribution is 5.98. The van der Waals surface area contributed by atoms with Gasteiger partial charge in [0.25, 0.3) is 0 Å². The van der Waals surface area contributed by atoms with Crippen LogP contribution in [0.2, 0.25) is 0 Å². The highest BCUT2D eigenvalue weighted by atomic mass is 16.6. The van der Waals surface area contributed by atoms with Gasteiger partial charge in [-0.2, -0.15) is 0 Å². The molecule has 2 fully saturated rings. The number of nitrogens with one attached hydrogen (secondary N) is 3. The maximum atomic E-state index is 13.7. The highest BCUT2D eigenvalue weighted by Gasteiger charge is 2.50. The Morgan fingerprint density at radius 1 is 0.923 bits per heavy atom. The molecule has 11 heteroatoms. The van der Waals surface area contributed by atoms with Crippen LogP contribution in [0.25, 0.3) is 0 Å². The molecule has 0 unspecified atom stereocenters. The van der Waals surface area contributed by atoms with E-state index in [4.69, 9.17) is 14.2 Å². The Morgan fingerprint density at radius 2 is 1.51 bits per heavy atom. The minimum absolute atomic E-state index is 0.0997. The van der Waals surface area contributed by atoms with Crippen molar-refractivity contribution in [2.75, 3.05) is 26.9 Å². The zero-order valence-corrected chi connectivity index (χ0v) is 21.8. The molecular weight excluding hydrogens is 506 g/mol. The van der Waals surface area contributed by atoms with Gasteiger partial charge < -0.3 is 35.3 Å². The number of hydrogen-bond donors (Lipinski definition) is 4. The van der Waals surface area contributed by atoms with E-state index in [9.17, 15) is 24.3 Å². The fraction of sp³-hybridized carbons (Fsp3) is 0.429. The van der Waals surface area contributed by atoms with Crippen LogP contribution in [-0.2, 0) is 36.7 Å². The topological polar surface area (TPSA) is 156 Å². The fourth-order valence-corrected chi connectivity index (χ4v) is 4.40. The second-order valence-electron chi connectivity index (χ2n) is 9.97. The summed E-state index contributed by atoms with van der Waals surface area (Å²) >= 11 is 0. The molecule has 4 atom stereocenters. The molecule has 0 spiro atoms. The van der Waals surface area contributed by atoms with Gasteiger partial charge in [0.1, 0.15) is 23.4 Å². The lowest BCUT2D eigenvalue weighted by Gasteiger charge is -2.33. The van der Waals surface area contributed by atoms with E-state index in [0.717, 1.165) is 11.1 Å². The van der Waals surface area contributed by atoms with Gasteiger partial charge in [0.05, 0.1) is 33.0 Å². The van der Waals surface area contributed by atoms with Crippen LogP contribution < -0.4 is 20.7 Å². The molecule has 11 nitrogen and oxygen atoms in total. The molecule has 0 radical (unpaired) electrons. The summed E-state index contributed by atoms with van der Waals surface area (Å²) in [6.07, 6.45) is -1.01. The summed E-state index contributed by atoms with van der Waals surface area (Å²) < 4.78 is 15.7. The van der Waals surface area contributed by atoms with E-state index in [0.29, 0.717) is 5.75 Å². The van der Waals surface area contributed by atoms with Crippen LogP contribution in [0.5, 0.6) is 5.75 Å². The first kappa shape index (κ1) is 28.1. The number of ketones is 1. The smallest absolute Gasteiger partial charge is 0.405 e. The van der Waals surface area contributed by atoms with Gasteiger partial charge in [-0.25, -0.2) is 4.79 Å². The summed E-state index contributed by atoms with van der Waals surface area (Å²) in [6, 6.07) is 13.2. The maximum absolute atomic E-state index is 13.7. The maximum Gasteiger partial charge on any atom is 0.405 e. The molecule has 2 aromatic rings. The van der Waals surface area contributed by atoms with Crippen LogP contribution in [-0.4, -0.2) is 79.5 Å². The number of ether oxygens (including phenoxy) is 3. The quantitative estimate of drug-likeness (QED) is 0.276. The summed E-state index contributed by atoms with van der Waals surface area (Å²) in [5.41, 5.74) is 0.614. The van der Waals surface area contributed by atoms with Crippen molar-refractivity contribution in [2.45, 2.75) is 43.5 Å². The number of hydrogen-bond acceptors (Lipinski definition) is 7. The summed E-state index contributed by atoms with van der Waals surface area (Å²) in [6.45, 7) is 2.39. The van der Waals surface area contributed by atoms with Crippen molar-refractivity contribution in [3.8, 4) is 5.75 Å². The van der Waals surface area contributed by atoms with Crippen LogP contribution >= 0.6 is 0 Å². The van der Waals surface area contributed by atoms with Crippen LogP contribution in [0, 0.1) is 5.92 Å². The molecule has 0 aromatic heterocycles.